The molecule has 0 bridgehead atoms. The molecular weight excluding hydrogens is 475 g/mol. The van der Waals surface area contributed by atoms with Crippen LogP contribution in [0.5, 0.6) is 5.75 Å². The summed E-state index contributed by atoms with van der Waals surface area (Å²) in [5.74, 6) is 6.38. The van der Waals surface area contributed by atoms with E-state index in [0.717, 1.165) is 25.1 Å². The lowest BCUT2D eigenvalue weighted by Gasteiger charge is -2.22. The zero-order valence-corrected chi connectivity index (χ0v) is 20.1. The van der Waals surface area contributed by atoms with E-state index in [1.807, 2.05) is 13.8 Å². The van der Waals surface area contributed by atoms with Crippen LogP contribution in [-0.4, -0.2) is 37.6 Å². The first-order valence-corrected chi connectivity index (χ1v) is 11.6. The van der Waals surface area contributed by atoms with Crippen LogP contribution in [0.25, 0.3) is 16.6 Å². The molecule has 2 heterocycles. The Morgan fingerprint density at radius 2 is 1.86 bits per heavy atom. The molecule has 1 fully saturated rings. The molecule has 36 heavy (non-hydrogen) atoms. The van der Waals surface area contributed by atoms with Gasteiger partial charge in [-0.25, -0.2) is 5.84 Å². The zero-order chi connectivity index (χ0) is 26.3. The Balaban J connectivity index is 0.00000176. The van der Waals surface area contributed by atoms with Gasteiger partial charge in [-0.3, -0.25) is 9.80 Å². The van der Waals surface area contributed by atoms with Crippen molar-refractivity contribution in [3.05, 3.63) is 70.5 Å². The molecule has 0 spiro atoms. The van der Waals surface area contributed by atoms with E-state index >= 15 is 0 Å². The lowest BCUT2D eigenvalue weighted by atomic mass is 10.1. The number of nitrogens with zero attached hydrogens (tertiary/aromatic N) is 2. The predicted molar refractivity (Wildman–Crippen MR) is 136 cm³/mol. The molecular formula is C25H30F3N5O3. The first kappa shape index (κ1) is 26.9. The van der Waals surface area contributed by atoms with Crippen LogP contribution >= 0.6 is 0 Å². The Bertz CT molecular complexity index is 1230. The smallest absolute Gasteiger partial charge is 0.406 e. The van der Waals surface area contributed by atoms with E-state index < -0.39 is 6.36 Å². The third kappa shape index (κ3) is 6.70. The Morgan fingerprint density at radius 3 is 2.56 bits per heavy atom. The van der Waals surface area contributed by atoms with Gasteiger partial charge in [-0.05, 0) is 36.8 Å². The summed E-state index contributed by atoms with van der Waals surface area (Å²) in [6, 6.07) is 11.8. The monoisotopic (exact) mass is 505 g/mol. The van der Waals surface area contributed by atoms with Crippen molar-refractivity contribution < 1.29 is 22.6 Å². The maximum atomic E-state index is 12.8. The van der Waals surface area contributed by atoms with E-state index in [9.17, 15) is 18.0 Å². The highest BCUT2D eigenvalue weighted by molar-refractivity contribution is 5.91. The second kappa shape index (κ2) is 11.8. The molecule has 0 radical (unpaired) electrons. The minimum atomic E-state index is -4.78. The van der Waals surface area contributed by atoms with E-state index in [1.165, 1.54) is 23.3 Å². The molecule has 2 aromatic carbocycles. The number of anilines is 2. The van der Waals surface area contributed by atoms with Crippen molar-refractivity contribution in [2.45, 2.75) is 26.6 Å². The molecule has 0 amide bonds. The molecule has 8 nitrogen and oxygen atoms in total. The fraction of sp³-hybridized carbons (Fsp3) is 0.320. The van der Waals surface area contributed by atoms with Crippen molar-refractivity contribution in [3.8, 4) is 5.75 Å². The van der Waals surface area contributed by atoms with E-state index in [-0.39, 0.29) is 16.9 Å². The van der Waals surface area contributed by atoms with Crippen LogP contribution in [0.4, 0.5) is 24.7 Å². The average Bonchev–Trinajstić information content (AvgIpc) is 3.14. The molecule has 1 saturated heterocycles. The number of benzene rings is 2. The number of rotatable bonds is 5. The van der Waals surface area contributed by atoms with Gasteiger partial charge in [-0.1, -0.05) is 26.0 Å². The van der Waals surface area contributed by atoms with E-state index in [2.05, 4.69) is 14.6 Å². The SMILES string of the molecule is CC.N/C(=C\N(N)c1ccc(OC(F)(F)F)cc1)c1cccc2c(=O)cc(N3CCCOCC3)[nH]c12. The van der Waals surface area contributed by atoms with Crippen LogP contribution in [0.2, 0.25) is 0 Å². The van der Waals surface area contributed by atoms with Crippen molar-refractivity contribution >= 4 is 28.1 Å². The fourth-order valence-corrected chi connectivity index (χ4v) is 3.77. The summed E-state index contributed by atoms with van der Waals surface area (Å²) in [5.41, 5.74) is 7.95. The molecule has 5 N–H and O–H groups in total. The maximum Gasteiger partial charge on any atom is 0.573 e. The molecule has 0 aliphatic carbocycles. The number of hydrogen-bond donors (Lipinski definition) is 3. The van der Waals surface area contributed by atoms with Gasteiger partial charge >= 0.3 is 6.36 Å². The first-order valence-electron chi connectivity index (χ1n) is 11.6. The van der Waals surface area contributed by atoms with Crippen LogP contribution in [0.3, 0.4) is 0 Å². The molecule has 1 aliphatic rings. The summed E-state index contributed by atoms with van der Waals surface area (Å²) >= 11 is 0. The van der Waals surface area contributed by atoms with Gasteiger partial charge in [-0.15, -0.1) is 13.2 Å². The highest BCUT2D eigenvalue weighted by atomic mass is 19.4. The molecule has 0 atom stereocenters. The Kier molecular flexibility index (Phi) is 8.83. The predicted octanol–water partition coefficient (Wildman–Crippen LogP) is 4.32. The summed E-state index contributed by atoms with van der Waals surface area (Å²) in [4.78, 5) is 18.2. The topological polar surface area (TPSA) is 110 Å². The quantitative estimate of drug-likeness (QED) is 0.350. The number of H-pyrrole nitrogens is 1. The number of hydrogen-bond acceptors (Lipinski definition) is 7. The molecule has 3 aromatic rings. The van der Waals surface area contributed by atoms with Gasteiger partial charge in [0.05, 0.1) is 23.5 Å². The van der Waals surface area contributed by atoms with Crippen molar-refractivity contribution in [2.75, 3.05) is 36.2 Å². The highest BCUT2D eigenvalue weighted by Crippen LogP contribution is 2.26. The summed E-state index contributed by atoms with van der Waals surface area (Å²) in [7, 11) is 0. The van der Waals surface area contributed by atoms with Gasteiger partial charge in [0.1, 0.15) is 11.6 Å². The molecule has 4 rings (SSSR count). The standard InChI is InChI=1S/C23H24F3N5O3.C2H6/c24-23(25,26)34-16-7-5-15(6-8-16)31(28)14-19(27)17-3-1-4-18-20(32)13-21(29-22(17)18)30-9-2-11-33-12-10-30;1-2/h1,3-8,13-14H,2,9-12,27-28H2,(H,29,32);1-2H3/b19-14-;. The van der Waals surface area contributed by atoms with Gasteiger partial charge in [0.2, 0.25) is 0 Å². The summed E-state index contributed by atoms with van der Waals surface area (Å²) in [6.45, 7) is 6.64. The largest absolute Gasteiger partial charge is 0.573 e. The lowest BCUT2D eigenvalue weighted by molar-refractivity contribution is -0.274. The number of pyridine rings is 1. The number of ether oxygens (including phenoxy) is 2. The molecule has 1 aromatic heterocycles. The van der Waals surface area contributed by atoms with Crippen LogP contribution < -0.4 is 31.7 Å². The number of hydrazine groups is 1. The number of alkyl halides is 3. The van der Waals surface area contributed by atoms with Gasteiger partial charge in [0.25, 0.3) is 0 Å². The summed E-state index contributed by atoms with van der Waals surface area (Å²) in [5, 5.41) is 1.65. The maximum absolute atomic E-state index is 12.8. The number of aromatic nitrogens is 1. The molecule has 0 saturated carbocycles. The second-order valence-electron chi connectivity index (χ2n) is 7.73. The number of nitrogens with two attached hydrogens (primary N) is 2. The van der Waals surface area contributed by atoms with Crippen LogP contribution in [0.1, 0.15) is 25.8 Å². The Morgan fingerprint density at radius 1 is 1.14 bits per heavy atom. The highest BCUT2D eigenvalue weighted by Gasteiger charge is 2.31. The van der Waals surface area contributed by atoms with Crippen molar-refractivity contribution in [1.29, 1.82) is 0 Å². The van der Waals surface area contributed by atoms with E-state index in [0.29, 0.717) is 47.7 Å². The molecule has 0 unspecified atom stereocenters. The normalized spacial score (nSPS) is 14.6. The number of nitrogens with one attached hydrogen (secondary N) is 1. The zero-order valence-electron chi connectivity index (χ0n) is 20.1. The Labute approximate surface area is 206 Å². The molecule has 1 aliphatic heterocycles. The van der Waals surface area contributed by atoms with Gasteiger partial charge in [0.15, 0.2) is 5.43 Å². The number of para-hydroxylation sites is 1. The number of fused-ring (bicyclic) bond motifs is 1. The fourth-order valence-electron chi connectivity index (χ4n) is 3.77. The van der Waals surface area contributed by atoms with Gasteiger partial charge < -0.3 is 25.1 Å². The van der Waals surface area contributed by atoms with Crippen LogP contribution in [-0.2, 0) is 4.74 Å². The number of aromatic amines is 1. The summed E-state index contributed by atoms with van der Waals surface area (Å²) < 4.78 is 46.5. The minimum absolute atomic E-state index is 0.145. The minimum Gasteiger partial charge on any atom is -0.406 e. The summed E-state index contributed by atoms with van der Waals surface area (Å²) in [6.07, 6.45) is -2.50. The Hall–Kier alpha value is -3.70. The molecule has 11 heteroatoms. The van der Waals surface area contributed by atoms with Crippen molar-refractivity contribution in [1.82, 2.24) is 4.98 Å². The van der Waals surface area contributed by atoms with Crippen molar-refractivity contribution in [2.24, 2.45) is 11.6 Å². The van der Waals surface area contributed by atoms with Crippen LogP contribution in [0.15, 0.2) is 59.5 Å². The van der Waals surface area contributed by atoms with Crippen LogP contribution in [0, 0.1) is 0 Å². The van der Waals surface area contributed by atoms with E-state index in [1.54, 1.807) is 24.3 Å². The first-order chi connectivity index (χ1) is 17.2. The third-order valence-corrected chi connectivity index (χ3v) is 5.37. The lowest BCUT2D eigenvalue weighted by Crippen LogP contribution is -2.28. The average molecular weight is 506 g/mol. The van der Waals surface area contributed by atoms with E-state index in [4.69, 9.17) is 16.3 Å². The molecule has 194 valence electrons. The van der Waals surface area contributed by atoms with Gasteiger partial charge in [-0.2, -0.15) is 0 Å². The second-order valence-corrected chi connectivity index (χ2v) is 7.73. The third-order valence-electron chi connectivity index (χ3n) is 5.37. The van der Waals surface area contributed by atoms with Gasteiger partial charge in [0, 0.05) is 42.9 Å². The van der Waals surface area contributed by atoms with Crippen molar-refractivity contribution in [3.63, 3.8) is 0 Å². The number of halogens is 3.